The summed E-state index contributed by atoms with van der Waals surface area (Å²) in [6, 6.07) is 0. The second-order valence-corrected chi connectivity index (χ2v) is 1.89. The van der Waals surface area contributed by atoms with E-state index in [9.17, 15) is 4.79 Å². The van der Waals surface area contributed by atoms with Gasteiger partial charge in [0.15, 0.2) is 0 Å². The van der Waals surface area contributed by atoms with E-state index in [1.807, 2.05) is 0 Å². The number of carbonyl (C=O) groups is 1. The van der Waals surface area contributed by atoms with Gasteiger partial charge in [0.2, 0.25) is 0 Å². The maximum Gasteiger partial charge on any atom is 0.327 e. The van der Waals surface area contributed by atoms with E-state index in [4.69, 9.17) is 10.5 Å². The smallest absolute Gasteiger partial charge is 0.327 e. The van der Waals surface area contributed by atoms with Crippen LogP contribution in [-0.4, -0.2) is 17.3 Å². The molecule has 0 saturated carbocycles. The molecule has 0 aliphatic heterocycles. The highest BCUT2D eigenvalue weighted by atomic mass is 16.4. The van der Waals surface area contributed by atoms with Crippen LogP contribution in [0.1, 0.15) is 26.2 Å². The van der Waals surface area contributed by atoms with Gasteiger partial charge in [-0.1, -0.05) is 19.9 Å². The highest BCUT2D eigenvalue weighted by molar-refractivity contribution is 5.78. The monoisotopic (exact) mass is 157 g/mol. The number of hydrogen-bond donors (Lipinski definition) is 2. The fourth-order valence-corrected chi connectivity index (χ4v) is 0.306. The van der Waals surface area contributed by atoms with Gasteiger partial charge in [-0.15, -0.1) is 0 Å². The quantitative estimate of drug-likeness (QED) is 0.373. The topological polar surface area (TPSA) is 61.1 Å². The van der Waals surface area contributed by atoms with Crippen molar-refractivity contribution in [2.45, 2.75) is 26.2 Å². The maximum absolute atomic E-state index is 9.25. The molecule has 0 amide bonds. The first-order chi connectivity index (χ1) is 5.18. The summed E-state index contributed by atoms with van der Waals surface area (Å²) < 4.78 is 0. The van der Waals surface area contributed by atoms with Crippen LogP contribution in [0.3, 0.4) is 0 Å². The van der Waals surface area contributed by atoms with Crippen LogP contribution in [0.15, 0.2) is 12.7 Å². The number of nitrogens with one attached hydrogen (secondary N) is 1. The Kier molecular flexibility index (Phi) is 13.3. The first-order valence-electron chi connectivity index (χ1n) is 3.53. The van der Waals surface area contributed by atoms with E-state index in [0.717, 1.165) is 12.5 Å². The fourth-order valence-electron chi connectivity index (χ4n) is 0.306. The fraction of sp³-hybridized carbons (Fsp3) is 0.500. The third-order valence-corrected chi connectivity index (χ3v) is 0.877. The number of hydrogen-bond acceptors (Lipinski definition) is 2. The van der Waals surface area contributed by atoms with Crippen molar-refractivity contribution in [1.82, 2.24) is 0 Å². The molecule has 0 fully saturated rings. The van der Waals surface area contributed by atoms with Crippen LogP contribution in [0.5, 0.6) is 0 Å². The Balaban J connectivity index is 0. The van der Waals surface area contributed by atoms with Gasteiger partial charge in [0, 0.05) is 6.08 Å². The molecule has 3 heteroatoms. The van der Waals surface area contributed by atoms with Gasteiger partial charge in [0.05, 0.1) is 0 Å². The van der Waals surface area contributed by atoms with E-state index < -0.39 is 5.97 Å². The molecule has 0 aromatic rings. The van der Waals surface area contributed by atoms with Crippen LogP contribution in [0.25, 0.3) is 0 Å². The Hall–Kier alpha value is -1.12. The normalized spacial score (nSPS) is 7.36. The minimum Gasteiger partial charge on any atom is -0.478 e. The molecule has 0 bridgehead atoms. The van der Waals surface area contributed by atoms with Gasteiger partial charge < -0.3 is 10.5 Å². The van der Waals surface area contributed by atoms with Gasteiger partial charge in [-0.2, -0.15) is 0 Å². The van der Waals surface area contributed by atoms with Crippen molar-refractivity contribution in [2.75, 3.05) is 0 Å². The predicted octanol–water partition coefficient (Wildman–Crippen LogP) is 2.08. The van der Waals surface area contributed by atoms with Crippen molar-refractivity contribution in [2.24, 2.45) is 0 Å². The first kappa shape index (κ1) is 12.5. The van der Waals surface area contributed by atoms with Crippen molar-refractivity contribution >= 4 is 12.2 Å². The third-order valence-electron chi connectivity index (χ3n) is 0.877. The van der Waals surface area contributed by atoms with Crippen LogP contribution in [-0.2, 0) is 4.79 Å². The van der Waals surface area contributed by atoms with Gasteiger partial charge in [0.25, 0.3) is 0 Å². The minimum absolute atomic E-state index is 0.833. The van der Waals surface area contributed by atoms with Crippen molar-refractivity contribution < 1.29 is 9.90 Å². The third kappa shape index (κ3) is 27.9. The Morgan fingerprint density at radius 1 is 1.73 bits per heavy atom. The van der Waals surface area contributed by atoms with Crippen LogP contribution < -0.4 is 0 Å². The Morgan fingerprint density at radius 2 is 2.18 bits per heavy atom. The van der Waals surface area contributed by atoms with E-state index in [1.165, 1.54) is 19.1 Å². The van der Waals surface area contributed by atoms with Crippen LogP contribution in [0.2, 0.25) is 0 Å². The lowest BCUT2D eigenvalue weighted by Crippen LogP contribution is -1.82. The summed E-state index contributed by atoms with van der Waals surface area (Å²) in [4.78, 5) is 9.25. The molecule has 0 spiro atoms. The van der Waals surface area contributed by atoms with Crippen LogP contribution in [0.4, 0.5) is 0 Å². The number of unbranched alkanes of at least 4 members (excludes halogenated alkanes) is 2. The summed E-state index contributed by atoms with van der Waals surface area (Å²) >= 11 is 0. The van der Waals surface area contributed by atoms with Crippen molar-refractivity contribution in [3.8, 4) is 0 Å². The average molecular weight is 157 g/mol. The molecule has 0 radical (unpaired) electrons. The lowest BCUT2D eigenvalue weighted by molar-refractivity contribution is -0.131. The molecule has 0 heterocycles. The number of aliphatic carboxylic acids is 1. The van der Waals surface area contributed by atoms with Gasteiger partial charge in [0.1, 0.15) is 0 Å². The largest absolute Gasteiger partial charge is 0.478 e. The summed E-state index contributed by atoms with van der Waals surface area (Å²) in [6.45, 7) is 5.09. The predicted molar refractivity (Wildman–Crippen MR) is 46.1 cm³/mol. The van der Waals surface area contributed by atoms with Crippen molar-refractivity contribution in [1.29, 1.82) is 5.41 Å². The number of rotatable bonds is 4. The van der Waals surface area contributed by atoms with E-state index >= 15 is 0 Å². The van der Waals surface area contributed by atoms with Crippen LogP contribution in [0, 0.1) is 5.41 Å². The SMILES string of the molecule is C=CC(=O)O.CCCCC=N. The van der Waals surface area contributed by atoms with Crippen LogP contribution >= 0.6 is 0 Å². The van der Waals surface area contributed by atoms with Crippen molar-refractivity contribution in [3.63, 3.8) is 0 Å². The zero-order valence-electron chi connectivity index (χ0n) is 6.84. The summed E-state index contributed by atoms with van der Waals surface area (Å²) in [5.74, 6) is -0.981. The van der Waals surface area contributed by atoms with E-state index in [0.29, 0.717) is 0 Å². The molecular weight excluding hydrogens is 142 g/mol. The number of carboxylic acid groups (broad SMARTS) is 1. The molecule has 0 unspecified atom stereocenters. The molecule has 0 aromatic carbocycles. The molecule has 64 valence electrons. The van der Waals surface area contributed by atoms with E-state index in [2.05, 4.69) is 13.5 Å². The molecule has 0 rings (SSSR count). The summed E-state index contributed by atoms with van der Waals surface area (Å²) in [5.41, 5.74) is 0. The zero-order valence-corrected chi connectivity index (χ0v) is 6.84. The summed E-state index contributed by atoms with van der Waals surface area (Å²) in [5, 5.41) is 14.2. The van der Waals surface area contributed by atoms with Gasteiger partial charge in [-0.25, -0.2) is 4.79 Å². The summed E-state index contributed by atoms with van der Waals surface area (Å²) in [7, 11) is 0. The summed E-state index contributed by atoms with van der Waals surface area (Å²) in [6.07, 6.45) is 5.62. The second kappa shape index (κ2) is 11.6. The average Bonchev–Trinajstić information content (AvgIpc) is 2.02. The van der Waals surface area contributed by atoms with Gasteiger partial charge >= 0.3 is 5.97 Å². The molecule has 0 atom stereocenters. The van der Waals surface area contributed by atoms with E-state index in [1.54, 1.807) is 0 Å². The lowest BCUT2D eigenvalue weighted by atomic mass is 10.3. The molecule has 0 aliphatic carbocycles. The molecule has 11 heavy (non-hydrogen) atoms. The molecule has 0 aliphatic rings. The standard InChI is InChI=1S/C5H11N.C3H4O2/c1-2-3-4-5-6;1-2-3(4)5/h5-6H,2-4H2,1H3;2H,1H2,(H,4,5). The van der Waals surface area contributed by atoms with Crippen molar-refractivity contribution in [3.05, 3.63) is 12.7 Å². The molecule has 3 nitrogen and oxygen atoms in total. The Labute approximate surface area is 67.3 Å². The van der Waals surface area contributed by atoms with E-state index in [-0.39, 0.29) is 0 Å². The second-order valence-electron chi connectivity index (χ2n) is 1.89. The highest BCUT2D eigenvalue weighted by Gasteiger charge is 1.73. The van der Waals surface area contributed by atoms with Gasteiger partial charge in [-0.05, 0) is 19.1 Å². The molecular formula is C8H15NO2. The zero-order chi connectivity index (χ0) is 9.11. The lowest BCUT2D eigenvalue weighted by Gasteiger charge is -1.80. The molecule has 0 aromatic heterocycles. The minimum atomic E-state index is -0.981. The number of carboxylic acids is 1. The Morgan fingerprint density at radius 3 is 2.27 bits per heavy atom. The first-order valence-corrected chi connectivity index (χ1v) is 3.53. The molecule has 2 N–H and O–H groups in total. The van der Waals surface area contributed by atoms with Gasteiger partial charge in [-0.3, -0.25) is 0 Å². The molecule has 0 saturated heterocycles. The Bertz CT molecular complexity index is 121. The maximum atomic E-state index is 9.25. The highest BCUT2D eigenvalue weighted by Crippen LogP contribution is 1.87.